The molecule has 1 fully saturated rings. The second-order valence-electron chi connectivity index (χ2n) is 5.62. The van der Waals surface area contributed by atoms with E-state index >= 15 is 0 Å². The number of carboxylic acid groups (broad SMARTS) is 1. The number of amides is 1. The van der Waals surface area contributed by atoms with Gasteiger partial charge in [-0.3, -0.25) is 4.79 Å². The third-order valence-corrected chi connectivity index (χ3v) is 4.75. The Morgan fingerprint density at radius 1 is 1.40 bits per heavy atom. The minimum atomic E-state index is -1.10. The number of carboxylic acids is 1. The Balaban J connectivity index is 2.03. The Morgan fingerprint density at radius 2 is 2.10 bits per heavy atom. The van der Waals surface area contributed by atoms with E-state index in [-0.39, 0.29) is 22.7 Å². The molecule has 0 bridgehead atoms. The number of carbonyl (C=O) groups is 2. The number of hydrogen-bond acceptors (Lipinski definition) is 4. The first-order chi connectivity index (χ1) is 9.49. The van der Waals surface area contributed by atoms with Gasteiger partial charge in [0.2, 0.25) is 0 Å². The van der Waals surface area contributed by atoms with E-state index in [4.69, 9.17) is 5.11 Å². The Morgan fingerprint density at radius 3 is 2.70 bits per heavy atom. The molecule has 2 atom stereocenters. The quantitative estimate of drug-likeness (QED) is 0.895. The molecule has 1 amide bonds. The van der Waals surface area contributed by atoms with E-state index in [0.29, 0.717) is 11.8 Å². The number of nitrogens with zero attached hydrogens (tertiary/aromatic N) is 1. The summed E-state index contributed by atoms with van der Waals surface area (Å²) in [5.74, 6) is -0.323. The van der Waals surface area contributed by atoms with Gasteiger partial charge in [0.25, 0.3) is 5.91 Å². The molecule has 1 aromatic heterocycles. The first-order valence-electron chi connectivity index (χ1n) is 6.98. The van der Waals surface area contributed by atoms with E-state index in [1.807, 2.05) is 0 Å². The van der Waals surface area contributed by atoms with Crippen molar-refractivity contribution in [3.05, 3.63) is 16.1 Å². The van der Waals surface area contributed by atoms with Gasteiger partial charge in [0.15, 0.2) is 10.7 Å². The highest BCUT2D eigenvalue weighted by Gasteiger charge is 2.29. The summed E-state index contributed by atoms with van der Waals surface area (Å²) in [4.78, 5) is 26.8. The molecule has 6 heteroatoms. The number of aromatic nitrogens is 1. The SMILES string of the molecule is CC(C)C1CCCCC1NC(=O)c1nc(C(=O)O)cs1. The molecule has 1 saturated carbocycles. The standard InChI is InChI=1S/C14H20N2O3S/c1-8(2)9-5-3-4-6-10(9)15-12(17)13-16-11(7-20-13)14(18)19/h7-10H,3-6H2,1-2H3,(H,15,17)(H,18,19). The molecule has 0 radical (unpaired) electrons. The van der Waals surface area contributed by atoms with Crippen molar-refractivity contribution >= 4 is 23.2 Å². The van der Waals surface area contributed by atoms with Crippen LogP contribution in [0.25, 0.3) is 0 Å². The van der Waals surface area contributed by atoms with Crippen LogP contribution in [0.3, 0.4) is 0 Å². The maximum absolute atomic E-state index is 12.2. The number of thiazole rings is 1. The van der Waals surface area contributed by atoms with Crippen molar-refractivity contribution in [2.24, 2.45) is 11.8 Å². The predicted octanol–water partition coefficient (Wildman–Crippen LogP) is 2.79. The molecule has 20 heavy (non-hydrogen) atoms. The summed E-state index contributed by atoms with van der Waals surface area (Å²) in [6, 6.07) is 0.174. The van der Waals surface area contributed by atoms with Gasteiger partial charge >= 0.3 is 5.97 Å². The van der Waals surface area contributed by atoms with Crippen LogP contribution in [0.2, 0.25) is 0 Å². The Hall–Kier alpha value is -1.43. The first kappa shape index (κ1) is 15.0. The predicted molar refractivity (Wildman–Crippen MR) is 77.1 cm³/mol. The van der Waals surface area contributed by atoms with Gasteiger partial charge in [0.05, 0.1) is 0 Å². The second kappa shape index (κ2) is 6.35. The maximum Gasteiger partial charge on any atom is 0.355 e. The Kier molecular flexibility index (Phi) is 4.75. The van der Waals surface area contributed by atoms with Crippen LogP contribution in [0.5, 0.6) is 0 Å². The van der Waals surface area contributed by atoms with Crippen LogP contribution in [0.15, 0.2) is 5.38 Å². The van der Waals surface area contributed by atoms with Gasteiger partial charge in [0.1, 0.15) is 0 Å². The van der Waals surface area contributed by atoms with Crippen molar-refractivity contribution in [3.63, 3.8) is 0 Å². The molecule has 5 nitrogen and oxygen atoms in total. The second-order valence-corrected chi connectivity index (χ2v) is 6.47. The van der Waals surface area contributed by atoms with E-state index in [2.05, 4.69) is 24.1 Å². The fourth-order valence-electron chi connectivity index (χ4n) is 2.84. The molecular weight excluding hydrogens is 276 g/mol. The van der Waals surface area contributed by atoms with Gasteiger partial charge in [-0.15, -0.1) is 11.3 Å². The van der Waals surface area contributed by atoms with Gasteiger partial charge in [-0.2, -0.15) is 0 Å². The van der Waals surface area contributed by atoms with E-state index in [9.17, 15) is 9.59 Å². The fraction of sp³-hybridized carbons (Fsp3) is 0.643. The molecule has 1 heterocycles. The molecule has 1 aliphatic rings. The molecule has 1 aliphatic carbocycles. The van der Waals surface area contributed by atoms with Crippen LogP contribution in [0.1, 0.15) is 59.8 Å². The molecule has 0 aromatic carbocycles. The summed E-state index contributed by atoms with van der Waals surface area (Å²) in [7, 11) is 0. The highest BCUT2D eigenvalue weighted by atomic mass is 32.1. The zero-order chi connectivity index (χ0) is 14.7. The largest absolute Gasteiger partial charge is 0.476 e. The average molecular weight is 296 g/mol. The molecule has 2 unspecified atom stereocenters. The molecular formula is C14H20N2O3S. The van der Waals surface area contributed by atoms with Crippen molar-refractivity contribution in [1.82, 2.24) is 10.3 Å². The van der Waals surface area contributed by atoms with Crippen LogP contribution in [0, 0.1) is 11.8 Å². The lowest BCUT2D eigenvalue weighted by atomic mass is 9.78. The van der Waals surface area contributed by atoms with Gasteiger partial charge in [-0.1, -0.05) is 26.7 Å². The lowest BCUT2D eigenvalue weighted by molar-refractivity contribution is 0.0691. The van der Waals surface area contributed by atoms with Crippen molar-refractivity contribution in [2.75, 3.05) is 0 Å². The Bertz CT molecular complexity index is 498. The molecule has 2 rings (SSSR count). The van der Waals surface area contributed by atoms with E-state index in [1.54, 1.807) is 0 Å². The van der Waals surface area contributed by atoms with Crippen molar-refractivity contribution < 1.29 is 14.7 Å². The summed E-state index contributed by atoms with van der Waals surface area (Å²) >= 11 is 1.08. The zero-order valence-corrected chi connectivity index (χ0v) is 12.6. The van der Waals surface area contributed by atoms with Gasteiger partial charge in [0, 0.05) is 11.4 Å². The summed E-state index contributed by atoms with van der Waals surface area (Å²) in [5.41, 5.74) is -0.0656. The summed E-state index contributed by atoms with van der Waals surface area (Å²) in [6.07, 6.45) is 4.48. The molecule has 0 aliphatic heterocycles. The molecule has 0 saturated heterocycles. The lowest BCUT2D eigenvalue weighted by Crippen LogP contribution is -2.43. The van der Waals surface area contributed by atoms with Gasteiger partial charge in [-0.05, 0) is 24.7 Å². The topological polar surface area (TPSA) is 79.3 Å². The minimum absolute atomic E-state index is 0.0656. The Labute approximate surface area is 122 Å². The summed E-state index contributed by atoms with van der Waals surface area (Å²) < 4.78 is 0. The number of aromatic carboxylic acids is 1. The molecule has 110 valence electrons. The minimum Gasteiger partial charge on any atom is -0.476 e. The van der Waals surface area contributed by atoms with Crippen molar-refractivity contribution in [1.29, 1.82) is 0 Å². The molecule has 0 spiro atoms. The highest BCUT2D eigenvalue weighted by molar-refractivity contribution is 7.11. The van der Waals surface area contributed by atoms with Crippen LogP contribution in [-0.2, 0) is 0 Å². The monoisotopic (exact) mass is 296 g/mol. The third kappa shape index (κ3) is 3.36. The highest BCUT2D eigenvalue weighted by Crippen LogP contribution is 2.30. The summed E-state index contributed by atoms with van der Waals surface area (Å²) in [5, 5.41) is 13.5. The van der Waals surface area contributed by atoms with E-state index < -0.39 is 5.97 Å². The number of rotatable bonds is 4. The lowest BCUT2D eigenvalue weighted by Gasteiger charge is -2.34. The molecule has 2 N–H and O–H groups in total. The van der Waals surface area contributed by atoms with Crippen LogP contribution in [0.4, 0.5) is 0 Å². The van der Waals surface area contributed by atoms with E-state index in [0.717, 1.165) is 30.6 Å². The van der Waals surface area contributed by atoms with Crippen LogP contribution in [-0.4, -0.2) is 28.0 Å². The van der Waals surface area contributed by atoms with Crippen molar-refractivity contribution in [2.45, 2.75) is 45.6 Å². The van der Waals surface area contributed by atoms with Gasteiger partial charge < -0.3 is 10.4 Å². The molecule has 1 aromatic rings. The number of nitrogens with one attached hydrogen (secondary N) is 1. The fourth-order valence-corrected chi connectivity index (χ4v) is 3.54. The maximum atomic E-state index is 12.2. The van der Waals surface area contributed by atoms with Crippen molar-refractivity contribution in [3.8, 4) is 0 Å². The number of hydrogen-bond donors (Lipinski definition) is 2. The third-order valence-electron chi connectivity index (χ3n) is 3.91. The normalized spacial score (nSPS) is 22.8. The first-order valence-corrected chi connectivity index (χ1v) is 7.86. The van der Waals surface area contributed by atoms with Gasteiger partial charge in [-0.25, -0.2) is 9.78 Å². The van der Waals surface area contributed by atoms with Crippen LogP contribution >= 0.6 is 11.3 Å². The smallest absolute Gasteiger partial charge is 0.355 e. The van der Waals surface area contributed by atoms with E-state index in [1.165, 1.54) is 11.8 Å². The number of carbonyl (C=O) groups excluding carboxylic acids is 1. The zero-order valence-electron chi connectivity index (χ0n) is 11.8. The van der Waals surface area contributed by atoms with Crippen LogP contribution < -0.4 is 5.32 Å². The average Bonchev–Trinajstić information content (AvgIpc) is 2.89. The summed E-state index contributed by atoms with van der Waals surface area (Å²) in [6.45, 7) is 4.36.